The molecule has 0 spiro atoms. The summed E-state index contributed by atoms with van der Waals surface area (Å²) >= 11 is 0. The van der Waals surface area contributed by atoms with Crippen LogP contribution in [-0.2, 0) is 11.2 Å². The van der Waals surface area contributed by atoms with Gasteiger partial charge in [-0.2, -0.15) is 4.98 Å². The molecule has 0 aliphatic carbocycles. The second kappa shape index (κ2) is 7.65. The largest absolute Gasteiger partial charge is 0.345 e. The second-order valence-corrected chi connectivity index (χ2v) is 5.58. The smallest absolute Gasteiger partial charge is 0.249 e. The number of aryl methyl sites for hydroxylation is 1. The number of hydrogen-bond donors (Lipinski definition) is 1. The molecule has 1 N–H and O–H groups in total. The van der Waals surface area contributed by atoms with Gasteiger partial charge in [0.05, 0.1) is 0 Å². The summed E-state index contributed by atoms with van der Waals surface area (Å²) in [5.74, 6) is 0.0397. The van der Waals surface area contributed by atoms with Crippen molar-refractivity contribution in [3.63, 3.8) is 0 Å². The van der Waals surface area contributed by atoms with Crippen molar-refractivity contribution in [1.29, 1.82) is 0 Å². The van der Waals surface area contributed by atoms with Crippen LogP contribution in [0.4, 0.5) is 4.39 Å². The molecule has 0 saturated heterocycles. The van der Waals surface area contributed by atoms with Crippen molar-refractivity contribution in [2.75, 3.05) is 0 Å². The summed E-state index contributed by atoms with van der Waals surface area (Å²) in [4.78, 5) is 20.4. The number of benzene rings is 1. The Kier molecular flexibility index (Phi) is 5.13. The molecule has 2 heterocycles. The molecule has 1 atom stereocenters. The van der Waals surface area contributed by atoms with Crippen molar-refractivity contribution >= 4 is 5.91 Å². The maximum atomic E-state index is 13.3. The third kappa shape index (κ3) is 4.47. The topological polar surface area (TPSA) is 80.9 Å². The van der Waals surface area contributed by atoms with Gasteiger partial charge in [-0.1, -0.05) is 23.4 Å². The van der Waals surface area contributed by atoms with Gasteiger partial charge in [0.1, 0.15) is 11.9 Å². The molecule has 2 aromatic heterocycles. The standard InChI is InChI=1S/C18H17FN4O2/c1-12(21-16(24)9-8-15-7-2-3-10-20-15)18-22-17(23-25-18)13-5-4-6-14(19)11-13/h2-7,10-12H,8-9H2,1H3,(H,21,24). The van der Waals surface area contributed by atoms with Crippen molar-refractivity contribution in [1.82, 2.24) is 20.4 Å². The number of nitrogens with one attached hydrogen (secondary N) is 1. The summed E-state index contributed by atoms with van der Waals surface area (Å²) in [6.45, 7) is 1.75. The van der Waals surface area contributed by atoms with Crippen molar-refractivity contribution < 1.29 is 13.7 Å². The van der Waals surface area contributed by atoms with Crippen molar-refractivity contribution in [2.45, 2.75) is 25.8 Å². The Morgan fingerprint density at radius 3 is 2.92 bits per heavy atom. The maximum Gasteiger partial charge on any atom is 0.249 e. The Balaban J connectivity index is 1.58. The van der Waals surface area contributed by atoms with Gasteiger partial charge in [0.15, 0.2) is 0 Å². The normalized spacial score (nSPS) is 11.9. The number of amides is 1. The molecule has 0 aliphatic heterocycles. The van der Waals surface area contributed by atoms with Crippen molar-refractivity contribution in [3.05, 3.63) is 66.1 Å². The van der Waals surface area contributed by atoms with Crippen molar-refractivity contribution in [2.24, 2.45) is 0 Å². The molecule has 128 valence electrons. The molecule has 3 rings (SSSR count). The first-order chi connectivity index (χ1) is 12.1. The summed E-state index contributed by atoms with van der Waals surface area (Å²) in [6, 6.07) is 11.1. The lowest BCUT2D eigenvalue weighted by Crippen LogP contribution is -2.27. The first-order valence-electron chi connectivity index (χ1n) is 7.90. The molecular formula is C18H17FN4O2. The zero-order valence-electron chi connectivity index (χ0n) is 13.6. The number of rotatable bonds is 6. The first-order valence-corrected chi connectivity index (χ1v) is 7.90. The van der Waals surface area contributed by atoms with Crippen LogP contribution in [0.15, 0.2) is 53.2 Å². The third-order valence-electron chi connectivity index (χ3n) is 3.61. The molecule has 3 aromatic rings. The molecular weight excluding hydrogens is 323 g/mol. The predicted octanol–water partition coefficient (Wildman–Crippen LogP) is 3.08. The van der Waals surface area contributed by atoms with Gasteiger partial charge in [0.2, 0.25) is 17.6 Å². The van der Waals surface area contributed by atoms with E-state index in [1.54, 1.807) is 25.3 Å². The van der Waals surface area contributed by atoms with E-state index in [-0.39, 0.29) is 23.4 Å². The quantitative estimate of drug-likeness (QED) is 0.746. The highest BCUT2D eigenvalue weighted by molar-refractivity contribution is 5.76. The summed E-state index contributed by atoms with van der Waals surface area (Å²) < 4.78 is 18.4. The molecule has 1 aromatic carbocycles. The molecule has 7 heteroatoms. The van der Waals surface area contributed by atoms with Crippen LogP contribution in [-0.4, -0.2) is 21.0 Å². The highest BCUT2D eigenvalue weighted by Crippen LogP contribution is 2.19. The van der Waals surface area contributed by atoms with Gasteiger partial charge in [-0.3, -0.25) is 9.78 Å². The Bertz CT molecular complexity index is 851. The highest BCUT2D eigenvalue weighted by Gasteiger charge is 2.17. The minimum Gasteiger partial charge on any atom is -0.345 e. The molecule has 1 unspecified atom stereocenters. The fourth-order valence-corrected chi connectivity index (χ4v) is 2.32. The molecule has 25 heavy (non-hydrogen) atoms. The van der Waals surface area contributed by atoms with E-state index >= 15 is 0 Å². The van der Waals surface area contributed by atoms with E-state index in [4.69, 9.17) is 4.52 Å². The predicted molar refractivity (Wildman–Crippen MR) is 88.8 cm³/mol. The SMILES string of the molecule is CC(NC(=O)CCc1ccccn1)c1nc(-c2cccc(F)c2)no1. The zero-order valence-corrected chi connectivity index (χ0v) is 13.6. The van der Waals surface area contributed by atoms with Gasteiger partial charge in [-0.15, -0.1) is 0 Å². The summed E-state index contributed by atoms with van der Waals surface area (Å²) in [6.07, 6.45) is 2.56. The lowest BCUT2D eigenvalue weighted by atomic mass is 10.2. The number of carbonyl (C=O) groups excluding carboxylic acids is 1. The molecule has 0 radical (unpaired) electrons. The average molecular weight is 340 g/mol. The number of halogens is 1. The number of pyridine rings is 1. The second-order valence-electron chi connectivity index (χ2n) is 5.58. The third-order valence-corrected chi connectivity index (χ3v) is 3.61. The fourth-order valence-electron chi connectivity index (χ4n) is 2.32. The fraction of sp³-hybridized carbons (Fsp3) is 0.222. The van der Waals surface area contributed by atoms with Crippen LogP contribution in [0.25, 0.3) is 11.4 Å². The average Bonchev–Trinajstić information content (AvgIpc) is 3.11. The number of carbonyl (C=O) groups is 1. The maximum absolute atomic E-state index is 13.3. The van der Waals surface area contributed by atoms with E-state index in [1.165, 1.54) is 12.1 Å². The monoisotopic (exact) mass is 340 g/mol. The van der Waals surface area contributed by atoms with E-state index in [9.17, 15) is 9.18 Å². The lowest BCUT2D eigenvalue weighted by molar-refractivity contribution is -0.121. The zero-order chi connectivity index (χ0) is 17.6. The molecule has 1 amide bonds. The Morgan fingerprint density at radius 1 is 1.28 bits per heavy atom. The molecule has 0 saturated carbocycles. The molecule has 0 bridgehead atoms. The van der Waals surface area contributed by atoms with Crippen LogP contribution in [0, 0.1) is 5.82 Å². The lowest BCUT2D eigenvalue weighted by Gasteiger charge is -2.09. The van der Waals surface area contributed by atoms with Crippen LogP contribution in [0.5, 0.6) is 0 Å². The Morgan fingerprint density at radius 2 is 2.16 bits per heavy atom. The minimum absolute atomic E-state index is 0.136. The Labute approximate surface area is 144 Å². The highest BCUT2D eigenvalue weighted by atomic mass is 19.1. The van der Waals surface area contributed by atoms with Gasteiger partial charge in [0.25, 0.3) is 0 Å². The molecule has 0 fully saturated rings. The van der Waals surface area contributed by atoms with Gasteiger partial charge in [-0.25, -0.2) is 4.39 Å². The number of aromatic nitrogens is 3. The number of hydrogen-bond acceptors (Lipinski definition) is 5. The molecule has 0 aliphatic rings. The van der Waals surface area contributed by atoms with E-state index in [1.807, 2.05) is 18.2 Å². The van der Waals surface area contributed by atoms with Crippen LogP contribution < -0.4 is 5.32 Å². The van der Waals surface area contributed by atoms with E-state index in [0.29, 0.717) is 18.4 Å². The van der Waals surface area contributed by atoms with Gasteiger partial charge >= 0.3 is 0 Å². The van der Waals surface area contributed by atoms with Gasteiger partial charge in [-0.05, 0) is 37.6 Å². The van der Waals surface area contributed by atoms with Gasteiger partial charge < -0.3 is 9.84 Å². The van der Waals surface area contributed by atoms with Crippen LogP contribution in [0.1, 0.15) is 31.0 Å². The summed E-state index contributed by atoms with van der Waals surface area (Å²) in [5.41, 5.74) is 1.38. The molecule has 6 nitrogen and oxygen atoms in total. The van der Waals surface area contributed by atoms with Crippen molar-refractivity contribution in [3.8, 4) is 11.4 Å². The van der Waals surface area contributed by atoms with E-state index in [2.05, 4.69) is 20.4 Å². The van der Waals surface area contributed by atoms with Gasteiger partial charge in [0, 0.05) is 23.9 Å². The van der Waals surface area contributed by atoms with E-state index < -0.39 is 6.04 Å². The first kappa shape index (κ1) is 16.8. The summed E-state index contributed by atoms with van der Waals surface area (Å²) in [5, 5.41) is 6.64. The summed E-state index contributed by atoms with van der Waals surface area (Å²) in [7, 11) is 0. The van der Waals surface area contributed by atoms with Crippen LogP contribution in [0.3, 0.4) is 0 Å². The van der Waals surface area contributed by atoms with E-state index in [0.717, 1.165) is 5.69 Å². The van der Waals surface area contributed by atoms with Crippen LogP contribution in [0.2, 0.25) is 0 Å². The minimum atomic E-state index is -0.439. The Hall–Kier alpha value is -3.09. The van der Waals surface area contributed by atoms with Crippen LogP contribution >= 0.6 is 0 Å². The number of nitrogens with zero attached hydrogens (tertiary/aromatic N) is 3.